The number of nitrogens with zero attached hydrogens (tertiary/aromatic N) is 2. The van der Waals surface area contributed by atoms with Gasteiger partial charge in [-0.25, -0.2) is 0 Å². The van der Waals surface area contributed by atoms with Crippen LogP contribution in [0.4, 0.5) is 0 Å². The zero-order valence-corrected chi connectivity index (χ0v) is 16.4. The third kappa shape index (κ3) is 3.52. The maximum absolute atomic E-state index is 10.4. The van der Waals surface area contributed by atoms with Gasteiger partial charge in [-0.05, 0) is 62.1 Å². The minimum atomic E-state index is 0.196. The first-order valence-corrected chi connectivity index (χ1v) is 9.77. The van der Waals surface area contributed by atoms with Gasteiger partial charge in [0.15, 0.2) is 0 Å². The number of fused-ring (bicyclic) bond motifs is 1. The van der Waals surface area contributed by atoms with Crippen LogP contribution in [0, 0.1) is 20.8 Å². The molecule has 0 spiro atoms. The molecule has 3 aromatic rings. The predicted molar refractivity (Wildman–Crippen MR) is 110 cm³/mol. The Morgan fingerprint density at radius 3 is 2.63 bits per heavy atom. The lowest BCUT2D eigenvalue weighted by Crippen LogP contribution is -2.29. The van der Waals surface area contributed by atoms with Crippen LogP contribution in [-0.2, 0) is 13.1 Å². The second-order valence-corrected chi connectivity index (χ2v) is 7.83. The van der Waals surface area contributed by atoms with Crippen LogP contribution >= 0.6 is 0 Å². The van der Waals surface area contributed by atoms with Gasteiger partial charge in [0.2, 0.25) is 0 Å². The monoisotopic (exact) mass is 360 g/mol. The van der Waals surface area contributed by atoms with Crippen LogP contribution < -0.4 is 0 Å². The van der Waals surface area contributed by atoms with E-state index in [0.29, 0.717) is 5.75 Å². The summed E-state index contributed by atoms with van der Waals surface area (Å²) in [7, 11) is 0. The van der Waals surface area contributed by atoms with Crippen molar-refractivity contribution >= 4 is 0 Å². The summed E-state index contributed by atoms with van der Waals surface area (Å²) >= 11 is 0. The zero-order chi connectivity index (χ0) is 19.0. The van der Waals surface area contributed by atoms with Gasteiger partial charge in [-0.1, -0.05) is 35.9 Å². The Hall–Kier alpha value is -2.52. The molecule has 1 aliphatic heterocycles. The van der Waals surface area contributed by atoms with Crippen LogP contribution in [0.25, 0.3) is 0 Å². The highest BCUT2D eigenvalue weighted by Gasteiger charge is 2.28. The van der Waals surface area contributed by atoms with E-state index in [0.717, 1.165) is 31.6 Å². The molecule has 1 aromatic heterocycles. The lowest BCUT2D eigenvalue weighted by Gasteiger charge is -2.31. The molecular weight excluding hydrogens is 332 g/mol. The van der Waals surface area contributed by atoms with E-state index in [1.54, 1.807) is 0 Å². The largest absolute Gasteiger partial charge is 0.508 e. The smallest absolute Gasteiger partial charge is 0.120 e. The Bertz CT molecular complexity index is 957. The van der Waals surface area contributed by atoms with E-state index in [9.17, 15) is 5.11 Å². The molecule has 3 heteroatoms. The zero-order valence-electron chi connectivity index (χ0n) is 16.4. The Kier molecular flexibility index (Phi) is 4.79. The van der Waals surface area contributed by atoms with E-state index >= 15 is 0 Å². The van der Waals surface area contributed by atoms with Crippen molar-refractivity contribution in [1.29, 1.82) is 0 Å². The van der Waals surface area contributed by atoms with Crippen molar-refractivity contribution in [3.8, 4) is 5.75 Å². The third-order valence-corrected chi connectivity index (χ3v) is 5.81. The first kappa shape index (κ1) is 17.9. The van der Waals surface area contributed by atoms with Gasteiger partial charge >= 0.3 is 0 Å². The van der Waals surface area contributed by atoms with Crippen molar-refractivity contribution < 1.29 is 5.11 Å². The summed E-state index contributed by atoms with van der Waals surface area (Å²) in [5.41, 5.74) is 7.50. The molecule has 0 saturated carbocycles. The van der Waals surface area contributed by atoms with Crippen molar-refractivity contribution in [2.24, 2.45) is 0 Å². The molecule has 0 unspecified atom stereocenters. The van der Waals surface area contributed by atoms with Crippen molar-refractivity contribution in [3.05, 3.63) is 88.2 Å². The minimum absolute atomic E-state index is 0.196. The normalized spacial score (nSPS) is 17.5. The van der Waals surface area contributed by atoms with E-state index in [4.69, 9.17) is 0 Å². The van der Waals surface area contributed by atoms with E-state index in [2.05, 4.69) is 72.8 Å². The number of aromatic nitrogens is 1. The van der Waals surface area contributed by atoms with E-state index in [-0.39, 0.29) is 6.04 Å². The lowest BCUT2D eigenvalue weighted by atomic mass is 9.97. The first-order chi connectivity index (χ1) is 13.0. The molecule has 2 aromatic carbocycles. The van der Waals surface area contributed by atoms with E-state index in [1.165, 1.54) is 27.9 Å². The molecule has 4 rings (SSSR count). The lowest BCUT2D eigenvalue weighted by molar-refractivity contribution is 0.217. The standard InChI is InChI=1S/C24H28N2O/c1-17-7-10-23(27)21(14-17)16-26-13-5-12-25-11-4-6-22(25)24(26)20-9-8-18(2)19(3)15-20/h4,6-11,14-15,24,27H,5,12-13,16H2,1-3H3/t24-/m1/s1. The van der Waals surface area contributed by atoms with Crippen LogP contribution in [0.2, 0.25) is 0 Å². The number of hydrogen-bond acceptors (Lipinski definition) is 2. The fourth-order valence-electron chi connectivity index (χ4n) is 4.19. The maximum Gasteiger partial charge on any atom is 0.120 e. The van der Waals surface area contributed by atoms with Crippen molar-refractivity contribution in [2.45, 2.75) is 46.3 Å². The highest BCUT2D eigenvalue weighted by molar-refractivity contribution is 5.38. The second-order valence-electron chi connectivity index (χ2n) is 7.83. The molecule has 140 valence electrons. The van der Waals surface area contributed by atoms with Crippen LogP contribution in [0.5, 0.6) is 5.75 Å². The molecule has 2 heterocycles. The minimum Gasteiger partial charge on any atom is -0.508 e. The summed E-state index contributed by atoms with van der Waals surface area (Å²) in [4.78, 5) is 2.51. The quantitative estimate of drug-likeness (QED) is 0.703. The third-order valence-electron chi connectivity index (χ3n) is 5.81. The molecule has 1 aliphatic rings. The molecule has 3 nitrogen and oxygen atoms in total. The molecule has 0 amide bonds. The number of hydrogen-bond donors (Lipinski definition) is 1. The summed E-state index contributed by atoms with van der Waals surface area (Å²) in [5, 5.41) is 10.4. The van der Waals surface area contributed by atoms with Gasteiger partial charge in [0.1, 0.15) is 5.75 Å². The van der Waals surface area contributed by atoms with Gasteiger partial charge in [0.25, 0.3) is 0 Å². The van der Waals surface area contributed by atoms with Gasteiger partial charge in [-0.2, -0.15) is 0 Å². The molecule has 27 heavy (non-hydrogen) atoms. The van der Waals surface area contributed by atoms with Gasteiger partial charge in [-0.15, -0.1) is 0 Å². The Balaban J connectivity index is 1.78. The number of phenols is 1. The van der Waals surface area contributed by atoms with E-state index < -0.39 is 0 Å². The molecule has 0 fully saturated rings. The van der Waals surface area contributed by atoms with Crippen molar-refractivity contribution in [3.63, 3.8) is 0 Å². The van der Waals surface area contributed by atoms with Crippen LogP contribution in [0.15, 0.2) is 54.7 Å². The average Bonchev–Trinajstić information content (AvgIpc) is 3.02. The molecule has 0 aliphatic carbocycles. The summed E-state index contributed by atoms with van der Waals surface area (Å²) in [6, 6.07) is 17.3. The molecule has 0 saturated heterocycles. The van der Waals surface area contributed by atoms with Gasteiger partial charge in [-0.3, -0.25) is 4.90 Å². The van der Waals surface area contributed by atoms with Crippen molar-refractivity contribution in [2.75, 3.05) is 6.54 Å². The molecule has 0 radical (unpaired) electrons. The van der Waals surface area contributed by atoms with E-state index in [1.807, 2.05) is 12.1 Å². The van der Waals surface area contributed by atoms with Gasteiger partial charge in [0.05, 0.1) is 6.04 Å². The maximum atomic E-state index is 10.4. The van der Waals surface area contributed by atoms with Crippen LogP contribution in [0.3, 0.4) is 0 Å². The second kappa shape index (κ2) is 7.24. The first-order valence-electron chi connectivity index (χ1n) is 9.77. The highest BCUT2D eigenvalue weighted by Crippen LogP contribution is 2.35. The summed E-state index contributed by atoms with van der Waals surface area (Å²) in [6.07, 6.45) is 3.30. The number of rotatable bonds is 3. The fourth-order valence-corrected chi connectivity index (χ4v) is 4.19. The Morgan fingerprint density at radius 1 is 0.963 bits per heavy atom. The molecular formula is C24H28N2O. The highest BCUT2D eigenvalue weighted by atomic mass is 16.3. The summed E-state index contributed by atoms with van der Waals surface area (Å²) in [6.45, 7) is 9.23. The predicted octanol–water partition coefficient (Wildman–Crippen LogP) is 5.11. The van der Waals surface area contributed by atoms with Crippen molar-refractivity contribution in [1.82, 2.24) is 9.47 Å². The average molecular weight is 361 g/mol. The number of aromatic hydroxyl groups is 1. The van der Waals surface area contributed by atoms with Crippen LogP contribution in [0.1, 0.15) is 46.0 Å². The Morgan fingerprint density at radius 2 is 1.81 bits per heavy atom. The van der Waals surface area contributed by atoms with Gasteiger partial charge < -0.3 is 9.67 Å². The molecule has 0 bridgehead atoms. The van der Waals surface area contributed by atoms with Gasteiger partial charge in [0, 0.05) is 37.1 Å². The number of aryl methyl sites for hydroxylation is 4. The topological polar surface area (TPSA) is 28.4 Å². The summed E-state index contributed by atoms with van der Waals surface area (Å²) in [5.74, 6) is 0.388. The number of benzene rings is 2. The SMILES string of the molecule is Cc1ccc(O)c(CN2CCCn3cccc3[C@H]2c2ccc(C)c(C)c2)c1. The molecule has 1 N–H and O–H groups in total. The number of phenolic OH excluding ortho intramolecular Hbond substituents is 1. The van der Waals surface area contributed by atoms with Crippen LogP contribution in [-0.4, -0.2) is 21.1 Å². The summed E-state index contributed by atoms with van der Waals surface area (Å²) < 4.78 is 2.38. The fraction of sp³-hybridized carbons (Fsp3) is 0.333. The molecule has 1 atom stereocenters. The Labute approximate surface area is 161 Å².